The summed E-state index contributed by atoms with van der Waals surface area (Å²) < 4.78 is 0. The van der Waals surface area contributed by atoms with Gasteiger partial charge >= 0.3 is 0 Å². The zero-order valence-corrected chi connectivity index (χ0v) is 17.0. The molecule has 2 heterocycles. The number of carbonyl (C=O) groups is 1. The van der Waals surface area contributed by atoms with Crippen molar-refractivity contribution < 1.29 is 4.79 Å². The first kappa shape index (κ1) is 18.4. The van der Waals surface area contributed by atoms with Gasteiger partial charge in [-0.1, -0.05) is 31.0 Å². The highest BCUT2D eigenvalue weighted by atomic mass is 16.2. The third-order valence-electron chi connectivity index (χ3n) is 6.74. The number of para-hydroxylation sites is 1. The van der Waals surface area contributed by atoms with Crippen molar-refractivity contribution in [1.29, 1.82) is 5.41 Å². The van der Waals surface area contributed by atoms with Crippen LogP contribution in [0.1, 0.15) is 44.9 Å². The van der Waals surface area contributed by atoms with Crippen molar-refractivity contribution in [3.63, 3.8) is 0 Å². The number of anilines is 1. The van der Waals surface area contributed by atoms with Gasteiger partial charge in [-0.15, -0.1) is 0 Å². The average Bonchev–Trinajstić information content (AvgIpc) is 3.54. The molecule has 5 rings (SSSR count). The van der Waals surface area contributed by atoms with Gasteiger partial charge in [0.05, 0.1) is 5.52 Å². The molecule has 152 valence electrons. The molecule has 2 aromatic rings. The molecule has 29 heavy (non-hydrogen) atoms. The first-order valence-corrected chi connectivity index (χ1v) is 10.9. The van der Waals surface area contributed by atoms with E-state index >= 15 is 0 Å². The number of rotatable bonds is 5. The maximum atomic E-state index is 12.7. The van der Waals surface area contributed by atoms with E-state index in [1.165, 1.54) is 12.8 Å². The number of hydrogen-bond acceptors (Lipinski definition) is 4. The summed E-state index contributed by atoms with van der Waals surface area (Å²) in [4.78, 5) is 21.1. The minimum Gasteiger partial charge on any atom is -0.367 e. The van der Waals surface area contributed by atoms with Gasteiger partial charge in [-0.25, -0.2) is 4.98 Å². The Balaban J connectivity index is 1.25. The Morgan fingerprint density at radius 2 is 1.97 bits per heavy atom. The monoisotopic (exact) mass is 391 g/mol. The summed E-state index contributed by atoms with van der Waals surface area (Å²) in [5.74, 6) is 1.95. The third kappa shape index (κ3) is 3.56. The van der Waals surface area contributed by atoms with E-state index in [4.69, 9.17) is 10.4 Å². The second-order valence-corrected chi connectivity index (χ2v) is 8.87. The van der Waals surface area contributed by atoms with Crippen molar-refractivity contribution in [3.8, 4) is 0 Å². The molecule has 1 amide bonds. The van der Waals surface area contributed by atoms with Gasteiger partial charge in [0.25, 0.3) is 5.91 Å². The van der Waals surface area contributed by atoms with Crippen LogP contribution >= 0.6 is 0 Å². The van der Waals surface area contributed by atoms with Crippen molar-refractivity contribution in [2.45, 2.75) is 63.1 Å². The minimum atomic E-state index is -0.137. The van der Waals surface area contributed by atoms with Crippen LogP contribution in [-0.4, -0.2) is 51.8 Å². The second kappa shape index (κ2) is 7.32. The molecule has 3 fully saturated rings. The van der Waals surface area contributed by atoms with Crippen LogP contribution in [-0.2, 0) is 4.79 Å². The van der Waals surface area contributed by atoms with Crippen molar-refractivity contribution in [2.75, 3.05) is 12.4 Å². The zero-order valence-electron chi connectivity index (χ0n) is 17.0. The molecule has 0 radical (unpaired) electrons. The highest BCUT2D eigenvalue weighted by Gasteiger charge is 2.48. The number of nitrogens with zero attached hydrogens (tertiary/aromatic N) is 3. The molecule has 1 saturated heterocycles. The molecule has 6 nitrogen and oxygen atoms in total. The van der Waals surface area contributed by atoms with Crippen LogP contribution in [0.4, 0.5) is 5.82 Å². The zero-order chi connectivity index (χ0) is 20.0. The van der Waals surface area contributed by atoms with Crippen molar-refractivity contribution in [2.24, 2.45) is 5.92 Å². The van der Waals surface area contributed by atoms with E-state index in [9.17, 15) is 4.79 Å². The maximum Gasteiger partial charge on any atom is 0.251 e. The van der Waals surface area contributed by atoms with Crippen molar-refractivity contribution >= 4 is 28.6 Å². The number of hydrogen-bond donors (Lipinski definition) is 2. The number of pyridine rings is 1. The Morgan fingerprint density at radius 3 is 2.79 bits per heavy atom. The van der Waals surface area contributed by atoms with Crippen LogP contribution in [0.2, 0.25) is 0 Å². The van der Waals surface area contributed by atoms with Crippen LogP contribution in [0.3, 0.4) is 0 Å². The SMILES string of the molecule is CN1C(=N)N(C2CC2)[C@@H](C[C@H]2CCC[C@@H](Nc3ccc4ccccc4n3)C2)C1=O. The summed E-state index contributed by atoms with van der Waals surface area (Å²) in [6, 6.07) is 13.0. The van der Waals surface area contributed by atoms with Crippen LogP contribution in [0.15, 0.2) is 36.4 Å². The molecular weight excluding hydrogens is 362 g/mol. The fourth-order valence-electron chi connectivity index (χ4n) is 5.07. The number of guanidine groups is 1. The Labute approximate surface area is 171 Å². The number of nitrogens with one attached hydrogen (secondary N) is 2. The van der Waals surface area contributed by atoms with Gasteiger partial charge in [-0.2, -0.15) is 0 Å². The highest BCUT2D eigenvalue weighted by molar-refractivity contribution is 6.05. The summed E-state index contributed by atoms with van der Waals surface area (Å²) in [7, 11) is 1.75. The van der Waals surface area contributed by atoms with E-state index in [0.717, 1.165) is 48.8 Å². The van der Waals surface area contributed by atoms with E-state index in [1.54, 1.807) is 11.9 Å². The van der Waals surface area contributed by atoms with Crippen molar-refractivity contribution in [3.05, 3.63) is 36.4 Å². The maximum absolute atomic E-state index is 12.7. The lowest BCUT2D eigenvalue weighted by atomic mass is 9.81. The Bertz CT molecular complexity index is 940. The van der Waals surface area contributed by atoms with Gasteiger partial charge in [0.15, 0.2) is 0 Å². The number of likely N-dealkylation sites (N-methyl/N-ethyl adjacent to an activating group) is 1. The fraction of sp³-hybridized carbons (Fsp3) is 0.522. The summed E-state index contributed by atoms with van der Waals surface area (Å²) >= 11 is 0. The van der Waals surface area contributed by atoms with Gasteiger partial charge in [-0.05, 0) is 56.2 Å². The van der Waals surface area contributed by atoms with Gasteiger partial charge in [0, 0.05) is 24.5 Å². The number of benzene rings is 1. The largest absolute Gasteiger partial charge is 0.367 e. The van der Waals surface area contributed by atoms with E-state index < -0.39 is 0 Å². The van der Waals surface area contributed by atoms with E-state index in [1.807, 2.05) is 18.2 Å². The van der Waals surface area contributed by atoms with Crippen molar-refractivity contribution in [1.82, 2.24) is 14.8 Å². The molecular formula is C23H29N5O. The summed E-state index contributed by atoms with van der Waals surface area (Å²) in [5, 5.41) is 13.1. The second-order valence-electron chi connectivity index (χ2n) is 8.87. The van der Waals surface area contributed by atoms with Crippen LogP contribution in [0, 0.1) is 11.3 Å². The molecule has 0 unspecified atom stereocenters. The van der Waals surface area contributed by atoms with Gasteiger partial charge in [0.1, 0.15) is 11.9 Å². The van der Waals surface area contributed by atoms with Crippen LogP contribution in [0.25, 0.3) is 10.9 Å². The number of amides is 1. The molecule has 3 atom stereocenters. The quantitative estimate of drug-likeness (QED) is 0.812. The third-order valence-corrected chi connectivity index (χ3v) is 6.74. The first-order chi connectivity index (χ1) is 14.1. The molecule has 0 bridgehead atoms. The van der Waals surface area contributed by atoms with Crippen LogP contribution < -0.4 is 5.32 Å². The first-order valence-electron chi connectivity index (χ1n) is 10.9. The molecule has 6 heteroatoms. The van der Waals surface area contributed by atoms with Gasteiger partial charge in [-0.3, -0.25) is 15.1 Å². The number of aromatic nitrogens is 1. The van der Waals surface area contributed by atoms with Gasteiger partial charge in [0.2, 0.25) is 5.96 Å². The minimum absolute atomic E-state index is 0.105. The lowest BCUT2D eigenvalue weighted by Gasteiger charge is -2.33. The fourth-order valence-corrected chi connectivity index (χ4v) is 5.07. The Morgan fingerprint density at radius 1 is 1.14 bits per heavy atom. The predicted molar refractivity (Wildman–Crippen MR) is 115 cm³/mol. The van der Waals surface area contributed by atoms with Crippen LogP contribution in [0.5, 0.6) is 0 Å². The summed E-state index contributed by atoms with van der Waals surface area (Å²) in [5.41, 5.74) is 1.02. The lowest BCUT2D eigenvalue weighted by molar-refractivity contribution is -0.127. The number of fused-ring (bicyclic) bond motifs is 1. The molecule has 2 saturated carbocycles. The van der Waals surface area contributed by atoms with E-state index in [0.29, 0.717) is 24.0 Å². The molecule has 1 aromatic carbocycles. The highest BCUT2D eigenvalue weighted by Crippen LogP contribution is 2.38. The molecule has 1 aliphatic heterocycles. The average molecular weight is 392 g/mol. The Kier molecular flexibility index (Phi) is 4.64. The van der Waals surface area contributed by atoms with E-state index in [2.05, 4.69) is 28.4 Å². The topological polar surface area (TPSA) is 72.3 Å². The molecule has 3 aliphatic rings. The predicted octanol–water partition coefficient (Wildman–Crippen LogP) is 3.84. The molecule has 2 aliphatic carbocycles. The summed E-state index contributed by atoms with van der Waals surface area (Å²) in [6.07, 6.45) is 7.64. The van der Waals surface area contributed by atoms with Gasteiger partial charge < -0.3 is 10.2 Å². The molecule has 2 N–H and O–H groups in total. The number of carbonyl (C=O) groups excluding carboxylic acids is 1. The van der Waals surface area contributed by atoms with E-state index in [-0.39, 0.29) is 11.9 Å². The lowest BCUT2D eigenvalue weighted by Crippen LogP contribution is -2.40. The molecule has 0 spiro atoms. The summed E-state index contributed by atoms with van der Waals surface area (Å²) in [6.45, 7) is 0. The normalized spacial score (nSPS) is 27.7. The Hall–Kier alpha value is -2.63. The smallest absolute Gasteiger partial charge is 0.251 e. The molecule has 1 aromatic heterocycles. The standard InChI is InChI=1S/C23H29N5O/c1-27-22(29)20(28(23(27)24)18-10-11-18)14-15-5-4-7-17(13-15)25-21-12-9-16-6-2-3-8-19(16)26-21/h2-3,6,8-9,12,15,17-18,20,24H,4-5,7,10-11,13-14H2,1H3,(H,25,26)/t15-,17+,20-/m0/s1.